The van der Waals surface area contributed by atoms with E-state index in [0.29, 0.717) is 0 Å². The van der Waals surface area contributed by atoms with Crippen molar-refractivity contribution in [3.05, 3.63) is 22.4 Å². The summed E-state index contributed by atoms with van der Waals surface area (Å²) in [4.78, 5) is 11.6. The molecule has 0 amide bonds. The molecule has 0 radical (unpaired) electrons. The first kappa shape index (κ1) is 11.1. The molecular weight excluding hydrogens is 176 g/mol. The molecule has 1 rings (SSSR count). The molecule has 0 aliphatic heterocycles. The van der Waals surface area contributed by atoms with Gasteiger partial charge in [-0.2, -0.15) is 0 Å². The van der Waals surface area contributed by atoms with Gasteiger partial charge in [0.25, 0.3) is 0 Å². The van der Waals surface area contributed by atoms with Crippen molar-refractivity contribution in [1.29, 1.82) is 0 Å². The first-order valence-corrected chi connectivity index (χ1v) is 5.39. The van der Waals surface area contributed by atoms with Gasteiger partial charge in [-0.3, -0.25) is 4.57 Å². The fourth-order valence-corrected chi connectivity index (χ4v) is 1.72. The largest absolute Gasteiger partial charge is 0.328 e. The van der Waals surface area contributed by atoms with Gasteiger partial charge in [0, 0.05) is 25.5 Å². The summed E-state index contributed by atoms with van der Waals surface area (Å²) in [6.45, 7) is 5.05. The van der Waals surface area contributed by atoms with E-state index in [4.69, 9.17) is 0 Å². The molecular formula is C11H20N2O. The maximum Gasteiger partial charge on any atom is 0.328 e. The average Bonchev–Trinajstić information content (AvgIpc) is 2.38. The third-order valence-corrected chi connectivity index (χ3v) is 2.57. The zero-order valence-electron chi connectivity index (χ0n) is 9.42. The topological polar surface area (TPSA) is 26.9 Å². The second kappa shape index (κ2) is 5.03. The third kappa shape index (κ3) is 2.50. The molecule has 0 aromatic carbocycles. The van der Waals surface area contributed by atoms with Crippen molar-refractivity contribution in [3.63, 3.8) is 0 Å². The summed E-state index contributed by atoms with van der Waals surface area (Å²) in [6, 6.07) is 0. The molecule has 0 saturated heterocycles. The average molecular weight is 196 g/mol. The zero-order chi connectivity index (χ0) is 10.6. The van der Waals surface area contributed by atoms with Crippen LogP contribution in [-0.4, -0.2) is 9.13 Å². The quantitative estimate of drug-likeness (QED) is 0.662. The summed E-state index contributed by atoms with van der Waals surface area (Å²) >= 11 is 0. The van der Waals surface area contributed by atoms with Gasteiger partial charge in [0.05, 0.1) is 0 Å². The molecule has 0 N–H and O–H groups in total. The van der Waals surface area contributed by atoms with E-state index in [0.717, 1.165) is 18.7 Å². The van der Waals surface area contributed by atoms with E-state index in [1.54, 1.807) is 11.6 Å². The fourth-order valence-electron chi connectivity index (χ4n) is 1.72. The molecule has 0 aliphatic carbocycles. The molecule has 0 spiro atoms. The van der Waals surface area contributed by atoms with Gasteiger partial charge < -0.3 is 4.57 Å². The lowest BCUT2D eigenvalue weighted by molar-refractivity contribution is 0.557. The van der Waals surface area contributed by atoms with Crippen LogP contribution in [-0.2, 0) is 13.6 Å². The summed E-state index contributed by atoms with van der Waals surface area (Å²) in [7, 11) is 1.80. The Balaban J connectivity index is 2.54. The molecule has 14 heavy (non-hydrogen) atoms. The predicted molar refractivity (Wildman–Crippen MR) is 58.6 cm³/mol. The molecule has 1 aromatic heterocycles. The fraction of sp³-hybridized carbons (Fsp3) is 0.727. The lowest BCUT2D eigenvalue weighted by Gasteiger charge is -2.02. The summed E-state index contributed by atoms with van der Waals surface area (Å²) in [5.41, 5.74) is 1.17. The lowest BCUT2D eigenvalue weighted by atomic mass is 10.2. The van der Waals surface area contributed by atoms with Crippen LogP contribution < -0.4 is 5.69 Å². The zero-order valence-corrected chi connectivity index (χ0v) is 9.42. The maximum atomic E-state index is 11.6. The number of hydrogen-bond acceptors (Lipinski definition) is 1. The smallest absolute Gasteiger partial charge is 0.302 e. The Morgan fingerprint density at radius 3 is 2.50 bits per heavy atom. The number of rotatable bonds is 5. The predicted octanol–water partition coefficient (Wildman–Crippen LogP) is 2.08. The van der Waals surface area contributed by atoms with Crippen molar-refractivity contribution in [3.8, 4) is 0 Å². The molecule has 80 valence electrons. The normalized spacial score (nSPS) is 10.8. The van der Waals surface area contributed by atoms with Crippen molar-refractivity contribution in [2.75, 3.05) is 0 Å². The molecule has 0 bridgehead atoms. The van der Waals surface area contributed by atoms with Gasteiger partial charge in [0.2, 0.25) is 0 Å². The van der Waals surface area contributed by atoms with Crippen molar-refractivity contribution < 1.29 is 0 Å². The number of unbranched alkanes of at least 4 members (excludes halogenated alkanes) is 3. The van der Waals surface area contributed by atoms with Crippen molar-refractivity contribution in [2.24, 2.45) is 7.05 Å². The highest BCUT2D eigenvalue weighted by molar-refractivity contribution is 4.96. The second-order valence-corrected chi connectivity index (χ2v) is 3.88. The summed E-state index contributed by atoms with van der Waals surface area (Å²) in [6.07, 6.45) is 6.72. The van der Waals surface area contributed by atoms with Gasteiger partial charge in [-0.05, 0) is 13.3 Å². The summed E-state index contributed by atoms with van der Waals surface area (Å²) in [5, 5.41) is 0. The highest BCUT2D eigenvalue weighted by atomic mass is 16.1. The second-order valence-electron chi connectivity index (χ2n) is 3.88. The van der Waals surface area contributed by atoms with Crippen LogP contribution in [0.3, 0.4) is 0 Å². The van der Waals surface area contributed by atoms with Gasteiger partial charge >= 0.3 is 5.69 Å². The SMILES string of the molecule is CCCCCCn1c(C)cn(C)c1=O. The first-order valence-electron chi connectivity index (χ1n) is 5.39. The van der Waals surface area contributed by atoms with Gasteiger partial charge in [0.1, 0.15) is 0 Å². The van der Waals surface area contributed by atoms with Crippen molar-refractivity contribution in [1.82, 2.24) is 9.13 Å². The van der Waals surface area contributed by atoms with E-state index in [1.165, 1.54) is 19.3 Å². The Morgan fingerprint density at radius 1 is 1.29 bits per heavy atom. The summed E-state index contributed by atoms with van der Waals surface area (Å²) in [5.74, 6) is 0. The number of aromatic nitrogens is 2. The van der Waals surface area contributed by atoms with Crippen molar-refractivity contribution >= 4 is 0 Å². The molecule has 0 aliphatic rings. The van der Waals surface area contributed by atoms with Crippen LogP contribution in [0.1, 0.15) is 38.3 Å². The molecule has 3 heteroatoms. The Morgan fingerprint density at radius 2 is 2.00 bits per heavy atom. The van der Waals surface area contributed by atoms with Crippen LogP contribution in [0, 0.1) is 6.92 Å². The minimum absolute atomic E-state index is 0.110. The number of nitrogens with zero attached hydrogens (tertiary/aromatic N) is 2. The standard InChI is InChI=1S/C11H20N2O/c1-4-5-6-7-8-13-10(2)9-12(3)11(13)14/h9H,4-8H2,1-3H3. The van der Waals surface area contributed by atoms with E-state index in [-0.39, 0.29) is 5.69 Å². The van der Waals surface area contributed by atoms with E-state index in [2.05, 4.69) is 6.92 Å². The maximum absolute atomic E-state index is 11.6. The minimum Gasteiger partial charge on any atom is -0.302 e. The molecule has 0 unspecified atom stereocenters. The van der Waals surface area contributed by atoms with Crippen LogP contribution in [0.25, 0.3) is 0 Å². The van der Waals surface area contributed by atoms with Gasteiger partial charge in [-0.15, -0.1) is 0 Å². The number of hydrogen-bond donors (Lipinski definition) is 0. The molecule has 1 aromatic rings. The molecule has 1 heterocycles. The van der Waals surface area contributed by atoms with Gasteiger partial charge in [-0.25, -0.2) is 4.79 Å². The molecule has 0 fully saturated rings. The Bertz CT molecular complexity index is 336. The summed E-state index contributed by atoms with van der Waals surface area (Å²) < 4.78 is 3.50. The highest BCUT2D eigenvalue weighted by Gasteiger charge is 2.03. The molecule has 0 saturated carbocycles. The molecule has 0 atom stereocenters. The Hall–Kier alpha value is -0.990. The minimum atomic E-state index is 0.110. The van der Waals surface area contributed by atoms with Crippen LogP contribution in [0.15, 0.2) is 11.0 Å². The Kier molecular flexibility index (Phi) is 3.98. The van der Waals surface area contributed by atoms with Crippen LogP contribution in [0.4, 0.5) is 0 Å². The van der Waals surface area contributed by atoms with Crippen molar-refractivity contribution in [2.45, 2.75) is 46.1 Å². The monoisotopic (exact) mass is 196 g/mol. The van der Waals surface area contributed by atoms with E-state index in [9.17, 15) is 4.79 Å². The van der Waals surface area contributed by atoms with Crippen LogP contribution >= 0.6 is 0 Å². The lowest BCUT2D eigenvalue weighted by Crippen LogP contribution is -2.22. The van der Waals surface area contributed by atoms with E-state index >= 15 is 0 Å². The Labute approximate surface area is 85.4 Å². The first-order chi connectivity index (χ1) is 6.66. The number of aryl methyl sites for hydroxylation is 2. The third-order valence-electron chi connectivity index (χ3n) is 2.57. The van der Waals surface area contributed by atoms with Gasteiger partial charge in [-0.1, -0.05) is 26.2 Å². The van der Waals surface area contributed by atoms with Crippen LogP contribution in [0.2, 0.25) is 0 Å². The van der Waals surface area contributed by atoms with Crippen LogP contribution in [0.5, 0.6) is 0 Å². The highest BCUT2D eigenvalue weighted by Crippen LogP contribution is 2.02. The van der Waals surface area contributed by atoms with E-state index < -0.39 is 0 Å². The molecule has 3 nitrogen and oxygen atoms in total. The van der Waals surface area contributed by atoms with Gasteiger partial charge in [0.15, 0.2) is 0 Å². The number of imidazole rings is 1. The van der Waals surface area contributed by atoms with E-state index in [1.807, 2.05) is 17.7 Å².